The molecule has 0 unspecified atom stereocenters. The second kappa shape index (κ2) is 6.25. The van der Waals surface area contributed by atoms with Gasteiger partial charge in [-0.1, -0.05) is 6.92 Å². The Kier molecular flexibility index (Phi) is 4.15. The monoisotopic (exact) mass is 336 g/mol. The lowest BCUT2D eigenvalue weighted by Crippen LogP contribution is -2.30. The summed E-state index contributed by atoms with van der Waals surface area (Å²) in [6.45, 7) is 4.23. The topological polar surface area (TPSA) is 68.5 Å². The lowest BCUT2D eigenvalue weighted by atomic mass is 9.99. The van der Waals surface area contributed by atoms with Gasteiger partial charge in [0.05, 0.1) is 0 Å². The molecule has 1 saturated carbocycles. The number of aromatic nitrogens is 5. The first kappa shape index (κ1) is 14.6. The van der Waals surface area contributed by atoms with E-state index in [4.69, 9.17) is 0 Å². The van der Waals surface area contributed by atoms with E-state index < -0.39 is 0 Å². The predicted molar refractivity (Wildman–Crippen MR) is 86.5 cm³/mol. The average Bonchev–Trinajstić information content (AvgIpc) is 3.15. The molecule has 118 valence electrons. The van der Waals surface area contributed by atoms with Crippen molar-refractivity contribution < 1.29 is 0 Å². The van der Waals surface area contributed by atoms with Crippen molar-refractivity contribution in [1.29, 1.82) is 0 Å². The summed E-state index contributed by atoms with van der Waals surface area (Å²) in [7, 11) is 0. The highest BCUT2D eigenvalue weighted by molar-refractivity contribution is 8.00. The second-order valence-corrected chi connectivity index (χ2v) is 7.88. The highest BCUT2D eigenvalue weighted by Crippen LogP contribution is 2.42. The van der Waals surface area contributed by atoms with Crippen LogP contribution in [0.15, 0.2) is 9.50 Å². The van der Waals surface area contributed by atoms with E-state index in [0.717, 1.165) is 40.7 Å². The van der Waals surface area contributed by atoms with Gasteiger partial charge in [-0.15, -0.1) is 10.2 Å². The molecule has 1 aliphatic heterocycles. The van der Waals surface area contributed by atoms with E-state index >= 15 is 0 Å². The van der Waals surface area contributed by atoms with Crippen molar-refractivity contribution in [3.8, 4) is 0 Å². The first-order chi connectivity index (χ1) is 10.8. The molecule has 1 aliphatic carbocycles. The number of hydrogen-bond acceptors (Lipinski definition) is 7. The van der Waals surface area contributed by atoms with Gasteiger partial charge in [-0.25, -0.2) is 4.98 Å². The van der Waals surface area contributed by atoms with Crippen LogP contribution in [0.4, 0.5) is 0 Å². The minimum atomic E-state index is 0.497. The fraction of sp³-hybridized carbons (Fsp3) is 0.714. The third-order valence-electron chi connectivity index (χ3n) is 4.21. The van der Waals surface area contributed by atoms with Gasteiger partial charge in [0.25, 0.3) is 0 Å². The van der Waals surface area contributed by atoms with E-state index in [1.165, 1.54) is 37.2 Å². The predicted octanol–water partition coefficient (Wildman–Crippen LogP) is 2.65. The molecule has 8 heteroatoms. The molecular weight excluding hydrogens is 316 g/mol. The normalized spacial score (nSPS) is 22.1. The Bertz CT molecular complexity index is 642. The number of nitrogens with zero attached hydrogens (tertiary/aromatic N) is 5. The molecule has 2 aromatic heterocycles. The third-order valence-corrected chi connectivity index (χ3v) is 5.96. The van der Waals surface area contributed by atoms with Gasteiger partial charge in [-0.2, -0.15) is 4.37 Å². The van der Waals surface area contributed by atoms with Crippen molar-refractivity contribution >= 4 is 23.3 Å². The molecule has 2 fully saturated rings. The van der Waals surface area contributed by atoms with Crippen molar-refractivity contribution in [1.82, 2.24) is 29.4 Å². The molecule has 4 rings (SSSR count). The standard InChI is InChI=1S/C14H20N6S2/c1-2-11-16-14(22-19-11)21-13-18-17-12(20(13)10-5-6-10)9-4-3-7-15-8-9/h9-10,15H,2-8H2,1H3/t9-/m1/s1. The van der Waals surface area contributed by atoms with Crippen molar-refractivity contribution in [3.05, 3.63) is 11.6 Å². The van der Waals surface area contributed by atoms with Gasteiger partial charge in [-0.05, 0) is 55.5 Å². The minimum Gasteiger partial charge on any atom is -0.316 e. The van der Waals surface area contributed by atoms with Crippen LogP contribution < -0.4 is 5.32 Å². The van der Waals surface area contributed by atoms with Crippen LogP contribution in [0.2, 0.25) is 0 Å². The van der Waals surface area contributed by atoms with Crippen molar-refractivity contribution in [2.75, 3.05) is 13.1 Å². The Hall–Kier alpha value is -0.990. The van der Waals surface area contributed by atoms with E-state index in [2.05, 4.69) is 36.4 Å². The highest BCUT2D eigenvalue weighted by Gasteiger charge is 2.33. The van der Waals surface area contributed by atoms with Crippen LogP contribution in [0.1, 0.15) is 56.2 Å². The molecule has 2 aliphatic rings. The van der Waals surface area contributed by atoms with Gasteiger partial charge in [0, 0.05) is 24.9 Å². The summed E-state index contributed by atoms with van der Waals surface area (Å²) in [5.74, 6) is 2.58. The minimum absolute atomic E-state index is 0.497. The zero-order valence-electron chi connectivity index (χ0n) is 12.7. The molecule has 0 spiro atoms. The summed E-state index contributed by atoms with van der Waals surface area (Å²) in [5, 5.41) is 13.5. The molecule has 0 amide bonds. The van der Waals surface area contributed by atoms with Crippen molar-refractivity contribution in [3.63, 3.8) is 0 Å². The highest BCUT2D eigenvalue weighted by atomic mass is 32.2. The molecular formula is C14H20N6S2. The van der Waals surface area contributed by atoms with Gasteiger partial charge in [0.1, 0.15) is 11.6 Å². The number of nitrogens with one attached hydrogen (secondary N) is 1. The van der Waals surface area contributed by atoms with E-state index in [9.17, 15) is 0 Å². The molecule has 1 atom stereocenters. The molecule has 0 radical (unpaired) electrons. The van der Waals surface area contributed by atoms with Crippen LogP contribution in [0, 0.1) is 0 Å². The summed E-state index contributed by atoms with van der Waals surface area (Å²) < 4.78 is 7.70. The van der Waals surface area contributed by atoms with E-state index in [1.54, 1.807) is 11.8 Å². The van der Waals surface area contributed by atoms with Gasteiger partial charge >= 0.3 is 0 Å². The zero-order valence-corrected chi connectivity index (χ0v) is 14.3. The first-order valence-corrected chi connectivity index (χ1v) is 9.60. The quantitative estimate of drug-likeness (QED) is 0.905. The Balaban J connectivity index is 1.60. The van der Waals surface area contributed by atoms with Crippen LogP contribution in [-0.4, -0.2) is 37.2 Å². The first-order valence-electron chi connectivity index (χ1n) is 8.01. The van der Waals surface area contributed by atoms with Gasteiger partial charge < -0.3 is 9.88 Å². The number of aryl methyl sites for hydroxylation is 1. The molecule has 1 saturated heterocycles. The number of rotatable bonds is 5. The maximum atomic E-state index is 4.54. The molecule has 6 nitrogen and oxygen atoms in total. The van der Waals surface area contributed by atoms with Gasteiger partial charge in [-0.3, -0.25) is 0 Å². The fourth-order valence-electron chi connectivity index (χ4n) is 2.89. The molecule has 1 N–H and O–H groups in total. The summed E-state index contributed by atoms with van der Waals surface area (Å²) in [4.78, 5) is 4.54. The Morgan fingerprint density at radius 1 is 1.32 bits per heavy atom. The largest absolute Gasteiger partial charge is 0.316 e. The Morgan fingerprint density at radius 2 is 2.23 bits per heavy atom. The average molecular weight is 336 g/mol. The van der Waals surface area contributed by atoms with E-state index in [-0.39, 0.29) is 0 Å². The van der Waals surface area contributed by atoms with E-state index in [1.807, 2.05) is 0 Å². The Labute approximate surface area is 138 Å². The van der Waals surface area contributed by atoms with Crippen LogP contribution >= 0.6 is 23.3 Å². The molecule has 22 heavy (non-hydrogen) atoms. The fourth-order valence-corrected chi connectivity index (χ4v) is 4.60. The van der Waals surface area contributed by atoms with Crippen LogP contribution in [-0.2, 0) is 6.42 Å². The summed E-state index contributed by atoms with van der Waals surface area (Å²) >= 11 is 3.08. The molecule has 3 heterocycles. The van der Waals surface area contributed by atoms with Crippen molar-refractivity contribution in [2.45, 2.75) is 60.5 Å². The number of hydrogen-bond donors (Lipinski definition) is 1. The summed E-state index contributed by atoms with van der Waals surface area (Å²) in [6.07, 6.45) is 5.80. The van der Waals surface area contributed by atoms with Gasteiger partial charge in [0.15, 0.2) is 9.50 Å². The maximum absolute atomic E-state index is 4.54. The molecule has 2 aromatic rings. The van der Waals surface area contributed by atoms with Gasteiger partial charge in [0.2, 0.25) is 0 Å². The SMILES string of the molecule is CCc1nsc(Sc2nnc([C@@H]3CCCNC3)n2C2CC2)n1. The number of piperidine rings is 1. The van der Waals surface area contributed by atoms with Crippen molar-refractivity contribution in [2.24, 2.45) is 0 Å². The molecule has 0 aromatic carbocycles. The Morgan fingerprint density at radius 3 is 2.91 bits per heavy atom. The third kappa shape index (κ3) is 2.91. The smallest absolute Gasteiger partial charge is 0.198 e. The lowest BCUT2D eigenvalue weighted by molar-refractivity contribution is 0.428. The van der Waals surface area contributed by atoms with Crippen LogP contribution in [0.25, 0.3) is 0 Å². The maximum Gasteiger partial charge on any atom is 0.198 e. The summed E-state index contributed by atoms with van der Waals surface area (Å²) in [6, 6.07) is 0.591. The molecule has 0 bridgehead atoms. The van der Waals surface area contributed by atoms with Crippen LogP contribution in [0.5, 0.6) is 0 Å². The second-order valence-electron chi connectivity index (χ2n) is 5.92. The summed E-state index contributed by atoms with van der Waals surface area (Å²) in [5.41, 5.74) is 0. The van der Waals surface area contributed by atoms with E-state index in [0.29, 0.717) is 12.0 Å². The lowest BCUT2D eigenvalue weighted by Gasteiger charge is -2.22. The van der Waals surface area contributed by atoms with Crippen LogP contribution in [0.3, 0.4) is 0 Å². The zero-order chi connectivity index (χ0) is 14.9.